The predicted molar refractivity (Wildman–Crippen MR) is 108 cm³/mol. The molecule has 0 aromatic heterocycles. The average molecular weight is 498 g/mol. The van der Waals surface area contributed by atoms with Gasteiger partial charge in [-0.3, -0.25) is 0 Å². The summed E-state index contributed by atoms with van der Waals surface area (Å²) in [6, 6.07) is 0. The summed E-state index contributed by atoms with van der Waals surface area (Å²) >= 11 is 5.39. The number of hydrogen-bond acceptors (Lipinski definition) is 6. The van der Waals surface area contributed by atoms with Crippen LogP contribution in [0.15, 0.2) is 0 Å². The van der Waals surface area contributed by atoms with E-state index in [0.717, 1.165) is 25.0 Å². The minimum absolute atomic E-state index is 0.504. The third kappa shape index (κ3) is 18.4. The molecule has 3 atom stereocenters. The molecule has 0 heterocycles. The van der Waals surface area contributed by atoms with Crippen LogP contribution in [-0.2, 0) is 36.4 Å². The maximum absolute atomic E-state index is 12.4. The predicted octanol–water partition coefficient (Wildman–Crippen LogP) is 6.28. The van der Waals surface area contributed by atoms with Crippen LogP contribution in [0.25, 0.3) is 0 Å². The molecule has 0 spiro atoms. The molecule has 3 unspecified atom stereocenters. The van der Waals surface area contributed by atoms with E-state index in [1.807, 2.05) is 0 Å². The molecule has 0 N–H and O–H groups in total. The molecule has 24 heavy (non-hydrogen) atoms. The molecule has 8 heteroatoms. The Labute approximate surface area is 170 Å². The van der Waals surface area contributed by atoms with E-state index in [9.17, 15) is 4.89 Å². The van der Waals surface area contributed by atoms with Crippen molar-refractivity contribution in [1.82, 2.24) is 0 Å². The zero-order valence-corrected chi connectivity index (χ0v) is 20.9. The average Bonchev–Trinajstić information content (AvgIpc) is 2.56. The first-order valence-electron chi connectivity index (χ1n) is 8.92. The first-order chi connectivity index (χ1) is 11.4. The van der Waals surface area contributed by atoms with E-state index < -0.39 is 22.4 Å². The molecule has 3 nitrogen and oxygen atoms in total. The molecule has 0 bridgehead atoms. The fourth-order valence-electron chi connectivity index (χ4n) is 2.23. The summed E-state index contributed by atoms with van der Waals surface area (Å²) in [5, 5.41) is 0. The van der Waals surface area contributed by atoms with E-state index in [1.54, 1.807) is 0 Å². The summed E-state index contributed by atoms with van der Waals surface area (Å²) in [6.45, 7) is 9.34. The van der Waals surface area contributed by atoms with Crippen molar-refractivity contribution in [3.05, 3.63) is 0 Å². The van der Waals surface area contributed by atoms with Gasteiger partial charge in [0.1, 0.15) is 0 Å². The number of hydrogen-bond donors (Lipinski definition) is 0. The van der Waals surface area contributed by atoms with Crippen molar-refractivity contribution in [2.75, 3.05) is 12.4 Å². The third-order valence-corrected chi connectivity index (χ3v) is 8.40. The van der Waals surface area contributed by atoms with E-state index in [-0.39, 0.29) is 0 Å². The Kier molecular flexibility index (Phi) is 22.5. The van der Waals surface area contributed by atoms with E-state index in [2.05, 4.69) is 37.5 Å². The van der Waals surface area contributed by atoms with Crippen molar-refractivity contribution in [3.63, 3.8) is 0 Å². The van der Waals surface area contributed by atoms with Crippen LogP contribution in [0.4, 0.5) is 0 Å². The molecule has 0 aromatic rings. The monoisotopic (exact) mass is 499 g/mol. The van der Waals surface area contributed by atoms with Crippen molar-refractivity contribution < 1.29 is 29.5 Å². The quantitative estimate of drug-likeness (QED) is 0.208. The van der Waals surface area contributed by atoms with Crippen molar-refractivity contribution in [2.45, 2.75) is 79.1 Å². The molecule has 0 aliphatic heterocycles. The molecule has 145 valence electrons. The fraction of sp³-hybridized carbons (Fsp3) is 1.00. The van der Waals surface area contributed by atoms with Gasteiger partial charge in [0.05, 0.1) is 6.61 Å². The van der Waals surface area contributed by atoms with Crippen LogP contribution >= 0.6 is 26.9 Å². The Balaban J connectivity index is 0. The summed E-state index contributed by atoms with van der Waals surface area (Å²) in [5.74, 6) is 2.00. The van der Waals surface area contributed by atoms with Gasteiger partial charge in [-0.15, -0.1) is 11.4 Å². The van der Waals surface area contributed by atoms with Crippen LogP contribution in [0.1, 0.15) is 79.1 Å². The zero-order valence-electron chi connectivity index (χ0n) is 15.5. The molecule has 0 amide bonds. The molecule has 0 rings (SSSR count). The second kappa shape index (κ2) is 19.4. The second-order valence-electron chi connectivity index (χ2n) is 5.94. The molecular weight excluding hydrogens is 463 g/mol. The fourth-order valence-corrected chi connectivity index (χ4v) is 5.81. The Morgan fingerprint density at radius 3 is 1.96 bits per heavy atom. The van der Waals surface area contributed by atoms with E-state index >= 15 is 0 Å². The van der Waals surface area contributed by atoms with Crippen molar-refractivity contribution in [3.8, 4) is 0 Å². The van der Waals surface area contributed by atoms with Crippen LogP contribution < -0.4 is 4.89 Å². The van der Waals surface area contributed by atoms with Gasteiger partial charge in [-0.25, -0.2) is 0 Å². The van der Waals surface area contributed by atoms with Gasteiger partial charge < -0.3 is 9.42 Å². The van der Waals surface area contributed by atoms with Crippen LogP contribution in [0, 0.1) is 11.8 Å². The van der Waals surface area contributed by atoms with Crippen molar-refractivity contribution >= 4 is 38.7 Å². The van der Waals surface area contributed by atoms with Gasteiger partial charge in [0.2, 0.25) is 0 Å². The van der Waals surface area contributed by atoms with Gasteiger partial charge in [-0.2, -0.15) is 0 Å². The summed E-state index contributed by atoms with van der Waals surface area (Å²) in [7, 11) is 3.97. The van der Waals surface area contributed by atoms with Gasteiger partial charge in [-0.05, 0) is 24.7 Å². The Bertz CT molecular complexity index is 342. The van der Waals surface area contributed by atoms with Gasteiger partial charge >= 0.3 is 29.9 Å². The Morgan fingerprint density at radius 1 is 1.08 bits per heavy atom. The van der Waals surface area contributed by atoms with Gasteiger partial charge in [0, 0.05) is 11.4 Å². The first-order valence-corrected chi connectivity index (χ1v) is 16.8. The Hall–Kier alpha value is 1.63. The minimum atomic E-state index is -2.89. The molecule has 0 aliphatic rings. The number of unbranched alkanes of at least 4 members (excludes halogenated alkanes) is 2. The summed E-state index contributed by atoms with van der Waals surface area (Å²) < 4.78 is 14.5. The second-order valence-corrected chi connectivity index (χ2v) is 13.2. The SMILES string of the molecule is CCCCC(CC)COP([O-])(=S)SCC(CC)CCCC.[O]=[Mo+]=[S]. The van der Waals surface area contributed by atoms with Gasteiger partial charge in [0.15, 0.2) is 0 Å². The standard InChI is InChI=1S/C16H35O2PS2.Mo.O.S/c1-5-9-11-15(7-3)13-18-19(17,20)21-14-16(8-4)12-10-6-2;;;/h15-16H,5-14H2,1-4H3,(H,17,20);;;/q;+1;;/p-1. The van der Waals surface area contributed by atoms with E-state index in [0.29, 0.717) is 18.4 Å². The molecule has 0 radical (unpaired) electrons. The Morgan fingerprint density at radius 2 is 1.54 bits per heavy atom. The summed E-state index contributed by atoms with van der Waals surface area (Å²) in [4.78, 5) is 12.4. The van der Waals surface area contributed by atoms with Crippen molar-refractivity contribution in [1.29, 1.82) is 0 Å². The van der Waals surface area contributed by atoms with Gasteiger partial charge in [0.25, 0.3) is 0 Å². The molecule has 0 fully saturated rings. The first kappa shape index (κ1) is 27.8. The third-order valence-electron chi connectivity index (χ3n) is 4.02. The molecule has 0 saturated carbocycles. The van der Waals surface area contributed by atoms with Crippen LogP contribution in [0.2, 0.25) is 0 Å². The molecular formula is C16H34MoO3PS3. The summed E-state index contributed by atoms with van der Waals surface area (Å²) in [6.07, 6.45) is 9.46. The van der Waals surface area contributed by atoms with E-state index in [1.165, 1.54) is 43.5 Å². The maximum atomic E-state index is 12.4. The number of rotatable bonds is 14. The zero-order chi connectivity index (χ0) is 18.8. The summed E-state index contributed by atoms with van der Waals surface area (Å²) in [5.41, 5.74) is -2.89. The van der Waals surface area contributed by atoms with Crippen LogP contribution in [0.5, 0.6) is 0 Å². The topological polar surface area (TPSA) is 49.4 Å². The van der Waals surface area contributed by atoms with Crippen molar-refractivity contribution in [2.24, 2.45) is 11.8 Å². The van der Waals surface area contributed by atoms with Crippen LogP contribution in [-0.4, -0.2) is 12.4 Å². The van der Waals surface area contributed by atoms with Crippen LogP contribution in [0.3, 0.4) is 0 Å². The molecule has 0 saturated heterocycles. The molecule has 0 aromatic carbocycles. The van der Waals surface area contributed by atoms with E-state index in [4.69, 9.17) is 19.7 Å². The molecule has 0 aliphatic carbocycles. The normalized spacial score (nSPS) is 15.5. The van der Waals surface area contributed by atoms with Gasteiger partial charge in [-0.1, -0.05) is 78.0 Å².